The first-order valence-electron chi connectivity index (χ1n) is 8.19. The standard InChI is InChI=1S/C18H30O2Si/c1-5-16-21(8-4,19-7-3)20-15-9-10-18-13-11-17(6-2)12-14-18/h6,11-14H,2,5,7-10,15-16H2,1,3-4H3. The fourth-order valence-electron chi connectivity index (χ4n) is 2.57. The molecule has 0 heterocycles. The fraction of sp³-hybridized carbons (Fsp3) is 0.556. The molecule has 0 aromatic heterocycles. The second kappa shape index (κ2) is 9.93. The zero-order valence-electron chi connectivity index (χ0n) is 13.9. The quantitative estimate of drug-likeness (QED) is 0.414. The molecule has 0 aliphatic heterocycles. The summed E-state index contributed by atoms with van der Waals surface area (Å²) in [6.07, 6.45) is 5.13. The van der Waals surface area contributed by atoms with Gasteiger partial charge in [-0.15, -0.1) is 0 Å². The van der Waals surface area contributed by atoms with Crippen LogP contribution in [0.1, 0.15) is 44.7 Å². The molecule has 2 nitrogen and oxygen atoms in total. The molecule has 0 amide bonds. The third-order valence-corrected chi connectivity index (χ3v) is 7.65. The highest BCUT2D eigenvalue weighted by Gasteiger charge is 2.33. The minimum atomic E-state index is -1.94. The highest BCUT2D eigenvalue weighted by molar-refractivity contribution is 6.67. The minimum absolute atomic E-state index is 0.767. The van der Waals surface area contributed by atoms with Crippen molar-refractivity contribution in [1.82, 2.24) is 0 Å². The van der Waals surface area contributed by atoms with Gasteiger partial charge < -0.3 is 8.85 Å². The molecule has 0 radical (unpaired) electrons. The van der Waals surface area contributed by atoms with E-state index in [1.165, 1.54) is 11.1 Å². The highest BCUT2D eigenvalue weighted by atomic mass is 28.4. The molecule has 0 bridgehead atoms. The van der Waals surface area contributed by atoms with Crippen LogP contribution in [0.3, 0.4) is 0 Å². The van der Waals surface area contributed by atoms with Gasteiger partial charge in [-0.2, -0.15) is 0 Å². The van der Waals surface area contributed by atoms with E-state index in [-0.39, 0.29) is 0 Å². The molecule has 3 heteroatoms. The second-order valence-corrected chi connectivity index (χ2v) is 8.95. The summed E-state index contributed by atoms with van der Waals surface area (Å²) < 4.78 is 12.2. The van der Waals surface area contributed by atoms with E-state index < -0.39 is 8.56 Å². The van der Waals surface area contributed by atoms with Gasteiger partial charge in [0.2, 0.25) is 0 Å². The lowest BCUT2D eigenvalue weighted by Gasteiger charge is -2.29. The first-order chi connectivity index (χ1) is 10.2. The maximum absolute atomic E-state index is 6.23. The molecular weight excluding hydrogens is 276 g/mol. The maximum Gasteiger partial charge on any atom is 0.337 e. The van der Waals surface area contributed by atoms with Gasteiger partial charge in [0.05, 0.1) is 0 Å². The summed E-state index contributed by atoms with van der Waals surface area (Å²) in [6, 6.07) is 10.7. The minimum Gasteiger partial charge on any atom is -0.394 e. The number of hydrogen-bond acceptors (Lipinski definition) is 2. The van der Waals surface area contributed by atoms with Gasteiger partial charge in [-0.25, -0.2) is 0 Å². The zero-order chi connectivity index (χ0) is 15.6. The largest absolute Gasteiger partial charge is 0.394 e. The molecule has 0 saturated heterocycles. The van der Waals surface area contributed by atoms with Crippen LogP contribution in [0.15, 0.2) is 30.8 Å². The number of aryl methyl sites for hydroxylation is 1. The summed E-state index contributed by atoms with van der Waals surface area (Å²) in [6.45, 7) is 11.8. The Labute approximate surface area is 131 Å². The van der Waals surface area contributed by atoms with Crippen LogP contribution in [-0.4, -0.2) is 21.8 Å². The van der Waals surface area contributed by atoms with Gasteiger partial charge in [-0.1, -0.05) is 57.2 Å². The molecule has 0 saturated carbocycles. The summed E-state index contributed by atoms with van der Waals surface area (Å²) in [7, 11) is -1.94. The third-order valence-electron chi connectivity index (χ3n) is 3.77. The van der Waals surface area contributed by atoms with Gasteiger partial charge in [-0.3, -0.25) is 0 Å². The van der Waals surface area contributed by atoms with Gasteiger partial charge in [0.15, 0.2) is 0 Å². The van der Waals surface area contributed by atoms with Crippen molar-refractivity contribution in [2.24, 2.45) is 0 Å². The molecule has 0 fully saturated rings. The lowest BCUT2D eigenvalue weighted by atomic mass is 10.1. The van der Waals surface area contributed by atoms with E-state index in [0.29, 0.717) is 0 Å². The van der Waals surface area contributed by atoms with E-state index in [9.17, 15) is 0 Å². The molecule has 21 heavy (non-hydrogen) atoms. The molecule has 1 aromatic carbocycles. The molecule has 0 aliphatic rings. The molecular formula is C18H30O2Si. The van der Waals surface area contributed by atoms with Crippen LogP contribution in [0.2, 0.25) is 12.1 Å². The lowest BCUT2D eigenvalue weighted by Crippen LogP contribution is -2.41. The van der Waals surface area contributed by atoms with Gasteiger partial charge in [-0.05, 0) is 43.0 Å². The van der Waals surface area contributed by atoms with Crippen LogP contribution in [0.4, 0.5) is 0 Å². The molecule has 0 N–H and O–H groups in total. The monoisotopic (exact) mass is 306 g/mol. The SMILES string of the molecule is C=Cc1ccc(CCCO[Si](CC)(CCC)OCC)cc1. The zero-order valence-corrected chi connectivity index (χ0v) is 14.9. The van der Waals surface area contributed by atoms with Crippen molar-refractivity contribution in [2.45, 2.75) is 52.1 Å². The van der Waals surface area contributed by atoms with E-state index >= 15 is 0 Å². The van der Waals surface area contributed by atoms with Crippen molar-refractivity contribution in [1.29, 1.82) is 0 Å². The molecule has 118 valence electrons. The highest BCUT2D eigenvalue weighted by Crippen LogP contribution is 2.21. The first-order valence-corrected chi connectivity index (χ1v) is 10.4. The van der Waals surface area contributed by atoms with Crippen LogP contribution in [-0.2, 0) is 15.3 Å². The number of hydrogen-bond donors (Lipinski definition) is 0. The van der Waals surface area contributed by atoms with E-state index in [2.05, 4.69) is 51.6 Å². The fourth-order valence-corrected chi connectivity index (χ4v) is 5.50. The number of benzene rings is 1. The summed E-state index contributed by atoms with van der Waals surface area (Å²) in [5, 5.41) is 0. The van der Waals surface area contributed by atoms with Gasteiger partial charge in [0, 0.05) is 13.2 Å². The van der Waals surface area contributed by atoms with E-state index in [0.717, 1.165) is 44.6 Å². The van der Waals surface area contributed by atoms with Crippen LogP contribution in [0.25, 0.3) is 6.08 Å². The lowest BCUT2D eigenvalue weighted by molar-refractivity contribution is 0.173. The van der Waals surface area contributed by atoms with Crippen LogP contribution >= 0.6 is 0 Å². The average molecular weight is 307 g/mol. The first kappa shape index (κ1) is 18.1. The Hall–Kier alpha value is -0.903. The third kappa shape index (κ3) is 6.16. The Morgan fingerprint density at radius 1 is 1.10 bits per heavy atom. The van der Waals surface area contributed by atoms with Crippen molar-refractivity contribution in [3.63, 3.8) is 0 Å². The maximum atomic E-state index is 6.23. The molecule has 0 aliphatic carbocycles. The van der Waals surface area contributed by atoms with Gasteiger partial charge >= 0.3 is 8.56 Å². The van der Waals surface area contributed by atoms with Gasteiger partial charge in [0.1, 0.15) is 0 Å². The van der Waals surface area contributed by atoms with Crippen LogP contribution < -0.4 is 0 Å². The summed E-state index contributed by atoms with van der Waals surface area (Å²) in [5.41, 5.74) is 2.53. The Bertz CT molecular complexity index is 394. The Morgan fingerprint density at radius 3 is 2.33 bits per heavy atom. The van der Waals surface area contributed by atoms with E-state index in [1.54, 1.807) is 0 Å². The van der Waals surface area contributed by atoms with Crippen molar-refractivity contribution >= 4 is 14.6 Å². The summed E-state index contributed by atoms with van der Waals surface area (Å²) >= 11 is 0. The second-order valence-electron chi connectivity index (χ2n) is 5.34. The van der Waals surface area contributed by atoms with Crippen molar-refractivity contribution in [3.8, 4) is 0 Å². The van der Waals surface area contributed by atoms with E-state index in [1.807, 2.05) is 6.08 Å². The van der Waals surface area contributed by atoms with Gasteiger partial charge in [0.25, 0.3) is 0 Å². The molecule has 1 aromatic rings. The van der Waals surface area contributed by atoms with Crippen LogP contribution in [0, 0.1) is 0 Å². The molecule has 1 atom stereocenters. The molecule has 1 unspecified atom stereocenters. The Kier molecular flexibility index (Phi) is 8.58. The van der Waals surface area contributed by atoms with Crippen molar-refractivity contribution < 1.29 is 8.85 Å². The summed E-state index contributed by atoms with van der Waals surface area (Å²) in [5.74, 6) is 0. The smallest absolute Gasteiger partial charge is 0.337 e. The predicted molar refractivity (Wildman–Crippen MR) is 93.8 cm³/mol. The predicted octanol–water partition coefficient (Wildman–Crippen LogP) is 5.19. The average Bonchev–Trinajstić information content (AvgIpc) is 2.52. The molecule has 0 spiro atoms. The van der Waals surface area contributed by atoms with Crippen molar-refractivity contribution in [2.75, 3.05) is 13.2 Å². The van der Waals surface area contributed by atoms with Crippen molar-refractivity contribution in [3.05, 3.63) is 42.0 Å². The normalized spacial score (nSPS) is 13.9. The molecule has 1 rings (SSSR count). The van der Waals surface area contributed by atoms with Crippen LogP contribution in [0.5, 0.6) is 0 Å². The Morgan fingerprint density at radius 2 is 1.81 bits per heavy atom. The summed E-state index contributed by atoms with van der Waals surface area (Å²) in [4.78, 5) is 0. The topological polar surface area (TPSA) is 18.5 Å². The number of rotatable bonds is 11. The van der Waals surface area contributed by atoms with E-state index in [4.69, 9.17) is 8.85 Å². The Balaban J connectivity index is 2.40.